The van der Waals surface area contributed by atoms with E-state index in [2.05, 4.69) is 11.8 Å². The van der Waals surface area contributed by atoms with Crippen molar-refractivity contribution in [3.05, 3.63) is 40.8 Å². The van der Waals surface area contributed by atoms with Gasteiger partial charge in [-0.25, -0.2) is 0 Å². The molecule has 0 saturated carbocycles. The summed E-state index contributed by atoms with van der Waals surface area (Å²) in [5.74, 6) is 5.07. The van der Waals surface area contributed by atoms with Crippen LogP contribution in [0.3, 0.4) is 0 Å². The van der Waals surface area contributed by atoms with Crippen molar-refractivity contribution in [1.29, 1.82) is 5.53 Å². The summed E-state index contributed by atoms with van der Waals surface area (Å²) in [7, 11) is 0. The fourth-order valence-corrected chi connectivity index (χ4v) is 1.24. The quantitative estimate of drug-likeness (QED) is 0.258. The van der Waals surface area contributed by atoms with Crippen LogP contribution in [0.4, 0.5) is 5.69 Å². The van der Waals surface area contributed by atoms with Crippen LogP contribution in [0.15, 0.2) is 33.5 Å². The average molecular weight is 221 g/mol. The number of benzene rings is 1. The molecular weight excluding hydrogens is 210 g/mol. The lowest BCUT2D eigenvalue weighted by molar-refractivity contribution is -0.597. The van der Waals surface area contributed by atoms with Crippen LogP contribution in [-0.2, 0) is 0 Å². The molecule has 0 fully saturated rings. The first-order valence-corrected chi connectivity index (χ1v) is 4.14. The van der Waals surface area contributed by atoms with E-state index in [1.165, 1.54) is 12.1 Å². The fraction of sp³-hybridized carbons (Fsp3) is 0. The monoisotopic (exact) mass is 221 g/mol. The molecule has 16 heavy (non-hydrogen) atoms. The summed E-state index contributed by atoms with van der Waals surface area (Å²) < 4.78 is 5.00. The highest BCUT2D eigenvalue weighted by Crippen LogP contribution is 2.16. The third-order valence-electron chi connectivity index (χ3n) is 1.97. The second-order valence-corrected chi connectivity index (χ2v) is 2.87. The zero-order valence-electron chi connectivity index (χ0n) is 8.36. The summed E-state index contributed by atoms with van der Waals surface area (Å²) in [4.78, 5) is 12.3. The average Bonchev–Trinajstić information content (AvgIpc) is 2.28. The standard InChI is InChI=1S/C9H7N4O2.H3N/c10-12-13(11)6-1-2-9-7(5-6)8(14)3-4-15-9;/h1-3,5,10H,11H2;1H3/p+1. The maximum absolute atomic E-state index is 11.4. The van der Waals surface area contributed by atoms with Crippen LogP contribution >= 0.6 is 0 Å². The number of nitrogens with one attached hydrogen (secondary N) is 2. The molecule has 0 aliphatic rings. The summed E-state index contributed by atoms with van der Waals surface area (Å²) in [6, 6.07) is 5.91. The van der Waals surface area contributed by atoms with Crippen molar-refractivity contribution in [3.8, 4) is 0 Å². The van der Waals surface area contributed by atoms with E-state index in [0.717, 1.165) is 4.81 Å². The molecule has 7 heteroatoms. The summed E-state index contributed by atoms with van der Waals surface area (Å²) in [6.45, 7) is 0. The van der Waals surface area contributed by atoms with Crippen LogP contribution in [0, 0.1) is 11.8 Å². The molecule has 0 amide bonds. The maximum Gasteiger partial charge on any atom is 0.267 e. The minimum absolute atomic E-state index is 0. The van der Waals surface area contributed by atoms with Crippen molar-refractivity contribution in [2.45, 2.75) is 0 Å². The Morgan fingerprint density at radius 3 is 2.94 bits per heavy atom. The zero-order valence-corrected chi connectivity index (χ0v) is 8.36. The third kappa shape index (κ3) is 1.90. The highest BCUT2D eigenvalue weighted by atomic mass is 16.3. The smallest absolute Gasteiger partial charge is 0.267 e. The molecule has 83 valence electrons. The molecule has 7 nitrogen and oxygen atoms in total. The summed E-state index contributed by atoms with van der Waals surface area (Å²) in [6.07, 6.45) is 2.38. The Kier molecular flexibility index (Phi) is 3.33. The second kappa shape index (κ2) is 4.51. The molecule has 2 aromatic rings. The molecule has 7 N–H and O–H groups in total. The van der Waals surface area contributed by atoms with E-state index in [9.17, 15) is 4.79 Å². The SMILES string of the molecule is N.N=[N+](NN)c1ccc2o[c]cc(=O)c2c1. The van der Waals surface area contributed by atoms with Gasteiger partial charge in [-0.3, -0.25) is 4.79 Å². The van der Waals surface area contributed by atoms with Crippen LogP contribution in [0.5, 0.6) is 0 Å². The molecule has 2 rings (SSSR count). The van der Waals surface area contributed by atoms with Gasteiger partial charge in [-0.2, -0.15) is 5.84 Å². The van der Waals surface area contributed by atoms with E-state index < -0.39 is 0 Å². The number of hydrogen-bond acceptors (Lipinski definition) is 5. The number of rotatable bonds is 2. The van der Waals surface area contributed by atoms with Crippen molar-refractivity contribution in [2.24, 2.45) is 5.84 Å². The van der Waals surface area contributed by atoms with Crippen molar-refractivity contribution in [1.82, 2.24) is 11.7 Å². The van der Waals surface area contributed by atoms with Crippen molar-refractivity contribution < 1.29 is 9.22 Å². The number of fused-ring (bicyclic) bond motifs is 1. The van der Waals surface area contributed by atoms with E-state index in [0.29, 0.717) is 16.7 Å². The van der Waals surface area contributed by atoms with E-state index in [-0.39, 0.29) is 11.6 Å². The Morgan fingerprint density at radius 1 is 1.50 bits per heavy atom. The molecule has 0 spiro atoms. The molecule has 0 unspecified atom stereocenters. The zero-order chi connectivity index (χ0) is 10.8. The van der Waals surface area contributed by atoms with Crippen LogP contribution in [0.2, 0.25) is 0 Å². The van der Waals surface area contributed by atoms with Gasteiger partial charge in [0, 0.05) is 23.0 Å². The lowest BCUT2D eigenvalue weighted by Crippen LogP contribution is -2.29. The number of hydrogen-bond donors (Lipinski definition) is 4. The van der Waals surface area contributed by atoms with Gasteiger partial charge >= 0.3 is 0 Å². The normalized spacial score (nSPS) is 9.56. The van der Waals surface area contributed by atoms with E-state index in [4.69, 9.17) is 15.8 Å². The van der Waals surface area contributed by atoms with Crippen LogP contribution in [0.25, 0.3) is 11.0 Å². The first-order chi connectivity index (χ1) is 7.22. The highest BCUT2D eigenvalue weighted by Gasteiger charge is 2.10. The number of hydrazine groups is 2. The van der Waals surface area contributed by atoms with Gasteiger partial charge in [0.15, 0.2) is 11.7 Å². The second-order valence-electron chi connectivity index (χ2n) is 2.87. The molecule has 0 aliphatic carbocycles. The van der Waals surface area contributed by atoms with Gasteiger partial charge in [-0.15, -0.1) is 0 Å². The molecule has 0 aliphatic heterocycles. The predicted molar refractivity (Wildman–Crippen MR) is 56.3 cm³/mol. The first kappa shape index (κ1) is 11.8. The van der Waals surface area contributed by atoms with Gasteiger partial charge in [0.25, 0.3) is 5.69 Å². The topological polar surface area (TPSA) is 130 Å². The summed E-state index contributed by atoms with van der Waals surface area (Å²) in [5, 5.41) is 0.388. The molecule has 1 aromatic carbocycles. The molecular formula is C9H11N5O2+. The van der Waals surface area contributed by atoms with Crippen LogP contribution in [-0.4, -0.2) is 4.81 Å². The van der Waals surface area contributed by atoms with Crippen LogP contribution in [0.1, 0.15) is 0 Å². The maximum atomic E-state index is 11.4. The van der Waals surface area contributed by atoms with Gasteiger partial charge in [0.2, 0.25) is 0 Å². The summed E-state index contributed by atoms with van der Waals surface area (Å²) >= 11 is 0. The van der Waals surface area contributed by atoms with Gasteiger partial charge in [-0.05, 0) is 11.6 Å². The van der Waals surface area contributed by atoms with Gasteiger partial charge in [0.1, 0.15) is 5.58 Å². The van der Waals surface area contributed by atoms with Gasteiger partial charge in [-0.1, -0.05) is 5.53 Å². The van der Waals surface area contributed by atoms with Crippen LogP contribution < -0.4 is 23.0 Å². The minimum atomic E-state index is -0.205. The summed E-state index contributed by atoms with van der Waals surface area (Å²) in [5.41, 5.74) is 10.2. The Hall–Kier alpha value is -2.25. The lowest BCUT2D eigenvalue weighted by atomic mass is 10.2. The van der Waals surface area contributed by atoms with E-state index in [1.54, 1.807) is 12.1 Å². The van der Waals surface area contributed by atoms with Crippen molar-refractivity contribution in [2.75, 3.05) is 0 Å². The highest BCUT2D eigenvalue weighted by molar-refractivity contribution is 5.78. The molecule has 1 aromatic heterocycles. The molecule has 0 bridgehead atoms. The largest absolute Gasteiger partial charge is 0.453 e. The molecule has 1 heterocycles. The Labute approximate surface area is 90.5 Å². The first-order valence-electron chi connectivity index (χ1n) is 4.14. The molecule has 1 radical (unpaired) electrons. The van der Waals surface area contributed by atoms with Gasteiger partial charge < -0.3 is 10.6 Å². The van der Waals surface area contributed by atoms with Gasteiger partial charge in [0.05, 0.1) is 5.39 Å². The lowest BCUT2D eigenvalue weighted by Gasteiger charge is -1.96. The third-order valence-corrected chi connectivity index (χ3v) is 1.97. The minimum Gasteiger partial charge on any atom is -0.453 e. The Balaban J connectivity index is 0.00000128. The number of nitrogens with two attached hydrogens (primary N) is 1. The van der Waals surface area contributed by atoms with Crippen molar-refractivity contribution >= 4 is 16.7 Å². The molecule has 0 saturated heterocycles. The Morgan fingerprint density at radius 2 is 2.25 bits per heavy atom. The van der Waals surface area contributed by atoms with E-state index >= 15 is 0 Å². The van der Waals surface area contributed by atoms with E-state index in [1.807, 2.05) is 0 Å². The predicted octanol–water partition coefficient (Wildman–Crippen LogP) is 0.808. The Bertz CT molecular complexity index is 577. The fourth-order valence-electron chi connectivity index (χ4n) is 1.24. The number of nitrogens with zero attached hydrogens (tertiary/aromatic N) is 1. The van der Waals surface area contributed by atoms with Crippen molar-refractivity contribution in [3.63, 3.8) is 0 Å². The molecule has 0 atom stereocenters.